The van der Waals surface area contributed by atoms with Crippen molar-refractivity contribution in [2.24, 2.45) is 5.73 Å². The average Bonchev–Trinajstić information content (AvgIpc) is 2.38. The second kappa shape index (κ2) is 7.77. The summed E-state index contributed by atoms with van der Waals surface area (Å²) in [6.07, 6.45) is 1.92. The maximum atomic E-state index is 5.99. The van der Waals surface area contributed by atoms with E-state index in [9.17, 15) is 0 Å². The molecule has 1 aromatic carbocycles. The minimum Gasteiger partial charge on any atom is -0.491 e. The lowest BCUT2D eigenvalue weighted by atomic mass is 10.0. The first-order chi connectivity index (χ1) is 8.56. The number of rotatable bonds is 7. The van der Waals surface area contributed by atoms with E-state index in [1.54, 1.807) is 7.11 Å². The molecule has 0 aliphatic heterocycles. The van der Waals surface area contributed by atoms with Crippen LogP contribution in [0.15, 0.2) is 22.7 Å². The van der Waals surface area contributed by atoms with Crippen molar-refractivity contribution in [3.8, 4) is 5.75 Å². The highest BCUT2D eigenvalue weighted by atomic mass is 79.9. The molecule has 2 unspecified atom stereocenters. The van der Waals surface area contributed by atoms with Crippen molar-refractivity contribution in [3.63, 3.8) is 0 Å². The molecule has 3 nitrogen and oxygen atoms in total. The fraction of sp³-hybridized carbons (Fsp3) is 0.571. The summed E-state index contributed by atoms with van der Waals surface area (Å²) in [4.78, 5) is 0. The van der Waals surface area contributed by atoms with Crippen LogP contribution in [0.2, 0.25) is 0 Å². The summed E-state index contributed by atoms with van der Waals surface area (Å²) in [5.74, 6) is 0.861. The maximum absolute atomic E-state index is 5.99. The second-order valence-electron chi connectivity index (χ2n) is 4.48. The van der Waals surface area contributed by atoms with E-state index in [4.69, 9.17) is 15.2 Å². The fourth-order valence-corrected chi connectivity index (χ4v) is 1.91. The molecule has 0 aliphatic carbocycles. The third-order valence-corrected chi connectivity index (χ3v) is 3.68. The van der Waals surface area contributed by atoms with Crippen LogP contribution in [0.1, 0.15) is 25.8 Å². The highest BCUT2D eigenvalue weighted by molar-refractivity contribution is 9.10. The molecular weight excluding hydrogens is 294 g/mol. The van der Waals surface area contributed by atoms with Crippen molar-refractivity contribution in [2.45, 2.75) is 38.8 Å². The summed E-state index contributed by atoms with van der Waals surface area (Å²) >= 11 is 3.55. The molecule has 0 aliphatic rings. The molecule has 1 aromatic rings. The second-order valence-corrected chi connectivity index (χ2v) is 5.34. The molecule has 0 heterocycles. The zero-order chi connectivity index (χ0) is 13.5. The zero-order valence-corrected chi connectivity index (χ0v) is 12.9. The fourth-order valence-electron chi connectivity index (χ4n) is 1.51. The van der Waals surface area contributed by atoms with Crippen molar-refractivity contribution in [3.05, 3.63) is 28.2 Å². The van der Waals surface area contributed by atoms with Gasteiger partial charge in [0, 0.05) is 17.6 Å². The minimum absolute atomic E-state index is 0.0926. The summed E-state index contributed by atoms with van der Waals surface area (Å²) in [6.45, 7) is 4.63. The Balaban J connectivity index is 2.68. The summed E-state index contributed by atoms with van der Waals surface area (Å²) in [6, 6.07) is 6.19. The summed E-state index contributed by atoms with van der Waals surface area (Å²) in [5, 5.41) is 0. The van der Waals surface area contributed by atoms with Crippen LogP contribution in [0.5, 0.6) is 5.75 Å². The molecule has 1 rings (SSSR count). The Morgan fingerprint density at radius 2 is 2.11 bits per heavy atom. The van der Waals surface area contributed by atoms with Crippen molar-refractivity contribution in [2.75, 3.05) is 13.7 Å². The number of nitrogens with two attached hydrogens (primary N) is 1. The van der Waals surface area contributed by atoms with E-state index in [-0.39, 0.29) is 12.1 Å². The molecule has 0 saturated carbocycles. The van der Waals surface area contributed by atoms with Crippen molar-refractivity contribution >= 4 is 15.9 Å². The van der Waals surface area contributed by atoms with Gasteiger partial charge >= 0.3 is 0 Å². The molecule has 2 N–H and O–H groups in total. The topological polar surface area (TPSA) is 44.5 Å². The van der Waals surface area contributed by atoms with Gasteiger partial charge in [0.25, 0.3) is 0 Å². The first-order valence-corrected chi connectivity index (χ1v) is 7.05. The average molecular weight is 316 g/mol. The van der Waals surface area contributed by atoms with Gasteiger partial charge in [0.2, 0.25) is 0 Å². The van der Waals surface area contributed by atoms with Gasteiger partial charge in [-0.15, -0.1) is 0 Å². The Morgan fingerprint density at radius 1 is 1.39 bits per heavy atom. The summed E-state index contributed by atoms with van der Waals surface area (Å²) in [7, 11) is 1.68. The number of ether oxygens (including phenoxy) is 2. The van der Waals surface area contributed by atoms with E-state index < -0.39 is 0 Å². The van der Waals surface area contributed by atoms with Gasteiger partial charge in [0.05, 0.1) is 6.10 Å². The van der Waals surface area contributed by atoms with Crippen LogP contribution in [0, 0.1) is 0 Å². The molecule has 0 saturated heterocycles. The van der Waals surface area contributed by atoms with Gasteiger partial charge in [-0.25, -0.2) is 0 Å². The van der Waals surface area contributed by atoms with Gasteiger partial charge in [-0.1, -0.05) is 22.9 Å². The SMILES string of the molecule is CCC(N)Cc1cc(OCC(C)OC)ccc1Br. The zero-order valence-electron chi connectivity index (χ0n) is 11.3. The monoisotopic (exact) mass is 315 g/mol. The number of benzene rings is 1. The Hall–Kier alpha value is -0.580. The van der Waals surface area contributed by atoms with E-state index in [2.05, 4.69) is 22.9 Å². The lowest BCUT2D eigenvalue weighted by Gasteiger charge is -2.14. The van der Waals surface area contributed by atoms with Gasteiger partial charge in [0.1, 0.15) is 12.4 Å². The van der Waals surface area contributed by atoms with Crippen molar-refractivity contribution < 1.29 is 9.47 Å². The van der Waals surface area contributed by atoms with Crippen LogP contribution in [-0.4, -0.2) is 25.9 Å². The lowest BCUT2D eigenvalue weighted by Crippen LogP contribution is -2.21. The highest BCUT2D eigenvalue weighted by Crippen LogP contribution is 2.24. The van der Waals surface area contributed by atoms with Gasteiger partial charge in [-0.3, -0.25) is 0 Å². The lowest BCUT2D eigenvalue weighted by molar-refractivity contribution is 0.0716. The van der Waals surface area contributed by atoms with Crippen LogP contribution in [0.25, 0.3) is 0 Å². The normalized spacial score (nSPS) is 14.3. The summed E-state index contributed by atoms with van der Waals surface area (Å²) < 4.78 is 11.9. The Labute approximate surface area is 118 Å². The van der Waals surface area contributed by atoms with Gasteiger partial charge in [-0.05, 0) is 43.5 Å². The molecule has 0 aromatic heterocycles. The van der Waals surface area contributed by atoms with Crippen LogP contribution in [0.4, 0.5) is 0 Å². The largest absolute Gasteiger partial charge is 0.491 e. The smallest absolute Gasteiger partial charge is 0.119 e. The van der Waals surface area contributed by atoms with E-state index in [0.29, 0.717) is 6.61 Å². The van der Waals surface area contributed by atoms with E-state index in [1.807, 2.05) is 25.1 Å². The van der Waals surface area contributed by atoms with Crippen LogP contribution in [-0.2, 0) is 11.2 Å². The minimum atomic E-state index is 0.0926. The molecule has 102 valence electrons. The Bertz CT molecular complexity index is 371. The first-order valence-electron chi connectivity index (χ1n) is 6.26. The van der Waals surface area contributed by atoms with Crippen molar-refractivity contribution in [1.29, 1.82) is 0 Å². The number of methoxy groups -OCH3 is 1. The van der Waals surface area contributed by atoms with Gasteiger partial charge < -0.3 is 15.2 Å². The number of halogens is 1. The van der Waals surface area contributed by atoms with Gasteiger partial charge in [-0.2, -0.15) is 0 Å². The molecule has 2 atom stereocenters. The molecule has 0 radical (unpaired) electrons. The van der Waals surface area contributed by atoms with E-state index in [1.165, 1.54) is 5.56 Å². The number of hydrogen-bond donors (Lipinski definition) is 1. The van der Waals surface area contributed by atoms with Crippen LogP contribution in [0.3, 0.4) is 0 Å². The Morgan fingerprint density at radius 3 is 2.72 bits per heavy atom. The molecular formula is C14H22BrNO2. The molecule has 0 spiro atoms. The van der Waals surface area contributed by atoms with Crippen molar-refractivity contribution in [1.82, 2.24) is 0 Å². The van der Waals surface area contributed by atoms with E-state index >= 15 is 0 Å². The third-order valence-electron chi connectivity index (χ3n) is 2.91. The van der Waals surface area contributed by atoms with Crippen LogP contribution < -0.4 is 10.5 Å². The van der Waals surface area contributed by atoms with Gasteiger partial charge in [0.15, 0.2) is 0 Å². The Kier molecular flexibility index (Phi) is 6.68. The standard InChI is InChI=1S/C14H22BrNO2/c1-4-12(16)7-11-8-13(5-6-14(11)15)18-9-10(2)17-3/h5-6,8,10,12H,4,7,9,16H2,1-3H3. The predicted octanol–water partition coefficient (Wildman–Crippen LogP) is 3.14. The molecule has 18 heavy (non-hydrogen) atoms. The summed E-state index contributed by atoms with van der Waals surface area (Å²) in [5.41, 5.74) is 7.17. The van der Waals surface area contributed by atoms with Crippen LogP contribution >= 0.6 is 15.9 Å². The number of hydrogen-bond acceptors (Lipinski definition) is 3. The quantitative estimate of drug-likeness (QED) is 0.840. The molecule has 0 bridgehead atoms. The van der Waals surface area contributed by atoms with E-state index in [0.717, 1.165) is 23.1 Å². The maximum Gasteiger partial charge on any atom is 0.119 e. The molecule has 0 amide bonds. The molecule has 0 fully saturated rings. The first kappa shape index (κ1) is 15.5. The highest BCUT2D eigenvalue weighted by Gasteiger charge is 2.08. The third kappa shape index (κ3) is 4.96. The predicted molar refractivity (Wildman–Crippen MR) is 78.1 cm³/mol. The molecule has 4 heteroatoms.